The largest absolute Gasteiger partial charge is 0.340 e. The summed E-state index contributed by atoms with van der Waals surface area (Å²) >= 11 is 11.9. The van der Waals surface area contributed by atoms with E-state index in [0.717, 1.165) is 10.9 Å². The molecule has 3 rings (SSSR count). The van der Waals surface area contributed by atoms with Gasteiger partial charge >= 0.3 is 0 Å². The first-order chi connectivity index (χ1) is 12.4. The highest BCUT2D eigenvalue weighted by Crippen LogP contribution is 2.28. The fraction of sp³-hybridized carbons (Fsp3) is 0.158. The van der Waals surface area contributed by atoms with Crippen LogP contribution in [0.3, 0.4) is 0 Å². The van der Waals surface area contributed by atoms with Crippen LogP contribution in [0.4, 0.5) is 15.9 Å². The van der Waals surface area contributed by atoms with Crippen LogP contribution >= 0.6 is 23.2 Å². The standard InChI is InChI=1S/C19H15Cl2FN4/c1-26(2)9-3-4-12-5-8-17-14(10-12)18(25-19(21)24-17)23-13-6-7-16(22)15(20)11-13/h5-8,10-11H,9H2,1-2H3,(H,23,24,25). The number of halogens is 3. The van der Waals surface area contributed by atoms with Crippen LogP contribution in [-0.4, -0.2) is 35.5 Å². The average Bonchev–Trinajstić information content (AvgIpc) is 2.58. The van der Waals surface area contributed by atoms with Gasteiger partial charge in [-0.05, 0) is 62.1 Å². The fourth-order valence-electron chi connectivity index (χ4n) is 2.28. The lowest BCUT2D eigenvalue weighted by Crippen LogP contribution is -2.10. The Bertz CT molecular complexity index is 1030. The van der Waals surface area contributed by atoms with E-state index in [1.807, 2.05) is 37.2 Å². The number of hydrogen-bond donors (Lipinski definition) is 1. The van der Waals surface area contributed by atoms with Gasteiger partial charge in [-0.1, -0.05) is 23.4 Å². The molecule has 0 spiro atoms. The van der Waals surface area contributed by atoms with E-state index in [9.17, 15) is 4.39 Å². The molecule has 0 fully saturated rings. The number of benzene rings is 2. The molecular formula is C19H15Cl2FN4. The molecule has 132 valence electrons. The molecule has 0 bridgehead atoms. The molecule has 0 aliphatic carbocycles. The number of fused-ring (bicyclic) bond motifs is 1. The fourth-order valence-corrected chi connectivity index (χ4v) is 2.64. The van der Waals surface area contributed by atoms with Gasteiger partial charge in [0.25, 0.3) is 0 Å². The topological polar surface area (TPSA) is 41.1 Å². The van der Waals surface area contributed by atoms with Crippen molar-refractivity contribution in [2.75, 3.05) is 26.0 Å². The summed E-state index contributed by atoms with van der Waals surface area (Å²) in [5.74, 6) is 6.22. The summed E-state index contributed by atoms with van der Waals surface area (Å²) in [5.41, 5.74) is 2.11. The molecular weight excluding hydrogens is 374 g/mol. The Kier molecular flexibility index (Phi) is 5.58. The molecule has 0 amide bonds. The Hall–Kier alpha value is -2.39. The minimum Gasteiger partial charge on any atom is -0.340 e. The van der Waals surface area contributed by atoms with Crippen molar-refractivity contribution in [2.24, 2.45) is 0 Å². The van der Waals surface area contributed by atoms with E-state index in [2.05, 4.69) is 27.1 Å². The zero-order valence-electron chi connectivity index (χ0n) is 14.1. The molecule has 0 saturated heterocycles. The summed E-state index contributed by atoms with van der Waals surface area (Å²) in [6.07, 6.45) is 0. The molecule has 0 aliphatic rings. The maximum atomic E-state index is 13.4. The third kappa shape index (κ3) is 4.41. The first kappa shape index (κ1) is 18.4. The van der Waals surface area contributed by atoms with Gasteiger partial charge in [0.2, 0.25) is 5.28 Å². The predicted octanol–water partition coefficient (Wildman–Crippen LogP) is 4.73. The van der Waals surface area contributed by atoms with E-state index >= 15 is 0 Å². The molecule has 0 aliphatic heterocycles. The molecule has 2 aromatic carbocycles. The molecule has 0 atom stereocenters. The van der Waals surface area contributed by atoms with E-state index in [4.69, 9.17) is 23.2 Å². The van der Waals surface area contributed by atoms with Crippen LogP contribution in [0.2, 0.25) is 10.3 Å². The number of aromatic nitrogens is 2. The Morgan fingerprint density at radius 2 is 1.92 bits per heavy atom. The van der Waals surface area contributed by atoms with Crippen molar-refractivity contribution in [3.63, 3.8) is 0 Å². The lowest BCUT2D eigenvalue weighted by atomic mass is 10.1. The number of rotatable bonds is 3. The molecule has 3 aromatic rings. The molecule has 1 heterocycles. The van der Waals surface area contributed by atoms with Crippen molar-refractivity contribution in [1.82, 2.24) is 14.9 Å². The van der Waals surface area contributed by atoms with Crippen LogP contribution < -0.4 is 5.32 Å². The van der Waals surface area contributed by atoms with Crippen LogP contribution in [0.15, 0.2) is 36.4 Å². The van der Waals surface area contributed by atoms with Crippen molar-refractivity contribution in [3.05, 3.63) is 58.1 Å². The first-order valence-corrected chi connectivity index (χ1v) is 8.51. The number of hydrogen-bond acceptors (Lipinski definition) is 4. The molecule has 0 saturated carbocycles. The van der Waals surface area contributed by atoms with Crippen LogP contribution in [0.25, 0.3) is 10.9 Å². The van der Waals surface area contributed by atoms with Gasteiger partial charge in [0.05, 0.1) is 17.1 Å². The second-order valence-corrected chi connectivity index (χ2v) is 6.61. The summed E-state index contributed by atoms with van der Waals surface area (Å²) < 4.78 is 13.4. The summed E-state index contributed by atoms with van der Waals surface area (Å²) in [6.45, 7) is 0.661. The molecule has 7 heteroatoms. The highest BCUT2D eigenvalue weighted by molar-refractivity contribution is 6.31. The Morgan fingerprint density at radius 3 is 2.65 bits per heavy atom. The van der Waals surface area contributed by atoms with Crippen molar-refractivity contribution in [1.29, 1.82) is 0 Å². The second-order valence-electron chi connectivity index (χ2n) is 5.87. The average molecular weight is 389 g/mol. The summed E-state index contributed by atoms with van der Waals surface area (Å²) in [7, 11) is 3.92. The van der Waals surface area contributed by atoms with Crippen LogP contribution in [-0.2, 0) is 0 Å². The second kappa shape index (κ2) is 7.88. The van der Waals surface area contributed by atoms with E-state index in [1.54, 1.807) is 6.07 Å². The smallest absolute Gasteiger partial charge is 0.224 e. The zero-order valence-corrected chi connectivity index (χ0v) is 15.7. The van der Waals surface area contributed by atoms with Gasteiger partial charge in [-0.3, -0.25) is 4.90 Å². The van der Waals surface area contributed by atoms with Gasteiger partial charge in [-0.2, -0.15) is 4.98 Å². The third-order valence-electron chi connectivity index (χ3n) is 3.48. The number of anilines is 2. The van der Waals surface area contributed by atoms with Crippen LogP contribution in [0.1, 0.15) is 5.56 Å². The summed E-state index contributed by atoms with van der Waals surface area (Å²) in [5, 5.41) is 4.00. The van der Waals surface area contributed by atoms with Crippen molar-refractivity contribution >= 4 is 45.6 Å². The number of nitrogens with zero attached hydrogens (tertiary/aromatic N) is 3. The molecule has 26 heavy (non-hydrogen) atoms. The van der Waals surface area contributed by atoms with E-state index in [1.165, 1.54) is 12.1 Å². The molecule has 0 unspecified atom stereocenters. The number of nitrogens with one attached hydrogen (secondary N) is 1. The van der Waals surface area contributed by atoms with Crippen LogP contribution in [0, 0.1) is 17.7 Å². The highest BCUT2D eigenvalue weighted by atomic mass is 35.5. The molecule has 1 aromatic heterocycles. The van der Waals surface area contributed by atoms with Gasteiger partial charge in [-0.15, -0.1) is 0 Å². The lowest BCUT2D eigenvalue weighted by molar-refractivity contribution is 0.464. The quantitative estimate of drug-likeness (QED) is 0.519. The van der Waals surface area contributed by atoms with Gasteiger partial charge in [0.1, 0.15) is 11.6 Å². The minimum atomic E-state index is -0.485. The van der Waals surface area contributed by atoms with Crippen molar-refractivity contribution in [3.8, 4) is 11.8 Å². The SMILES string of the molecule is CN(C)CC#Cc1ccc2nc(Cl)nc(Nc3ccc(F)c(Cl)c3)c2c1. The van der Waals surface area contributed by atoms with E-state index < -0.39 is 5.82 Å². The highest BCUT2D eigenvalue weighted by Gasteiger charge is 2.09. The first-order valence-electron chi connectivity index (χ1n) is 7.75. The maximum absolute atomic E-state index is 13.4. The Balaban J connectivity index is 2.01. The van der Waals surface area contributed by atoms with Crippen molar-refractivity contribution < 1.29 is 4.39 Å². The van der Waals surface area contributed by atoms with Gasteiger partial charge in [0, 0.05) is 16.6 Å². The molecule has 1 N–H and O–H groups in total. The third-order valence-corrected chi connectivity index (χ3v) is 3.94. The van der Waals surface area contributed by atoms with E-state index in [-0.39, 0.29) is 10.3 Å². The maximum Gasteiger partial charge on any atom is 0.224 e. The zero-order chi connectivity index (χ0) is 18.7. The monoisotopic (exact) mass is 388 g/mol. The van der Waals surface area contributed by atoms with Crippen LogP contribution in [0.5, 0.6) is 0 Å². The molecule has 4 nitrogen and oxygen atoms in total. The van der Waals surface area contributed by atoms with Gasteiger partial charge < -0.3 is 5.32 Å². The molecule has 0 radical (unpaired) electrons. The van der Waals surface area contributed by atoms with Gasteiger partial charge in [-0.25, -0.2) is 9.37 Å². The Morgan fingerprint density at radius 1 is 1.12 bits per heavy atom. The minimum absolute atomic E-state index is 0.0229. The summed E-state index contributed by atoms with van der Waals surface area (Å²) in [4.78, 5) is 10.5. The van der Waals surface area contributed by atoms with Gasteiger partial charge in [0.15, 0.2) is 0 Å². The normalized spacial score (nSPS) is 10.7. The van der Waals surface area contributed by atoms with Crippen molar-refractivity contribution in [2.45, 2.75) is 0 Å². The predicted molar refractivity (Wildman–Crippen MR) is 105 cm³/mol. The Labute approximate surface area is 161 Å². The lowest BCUT2D eigenvalue weighted by Gasteiger charge is -2.10. The summed E-state index contributed by atoms with van der Waals surface area (Å²) in [6, 6.07) is 9.96. The van der Waals surface area contributed by atoms with E-state index in [0.29, 0.717) is 23.6 Å².